The molecule has 0 unspecified atom stereocenters. The fourth-order valence-electron chi connectivity index (χ4n) is 1.68. The van der Waals surface area contributed by atoms with E-state index in [1.54, 1.807) is 18.2 Å². The highest BCUT2D eigenvalue weighted by Gasteiger charge is 2.14. The van der Waals surface area contributed by atoms with Crippen molar-refractivity contribution in [3.05, 3.63) is 46.6 Å². The van der Waals surface area contributed by atoms with Crippen LogP contribution < -0.4 is 11.1 Å². The summed E-state index contributed by atoms with van der Waals surface area (Å²) in [7, 11) is 1.27. The van der Waals surface area contributed by atoms with Crippen molar-refractivity contribution in [2.75, 3.05) is 18.2 Å². The molecule has 0 aliphatic heterocycles. The van der Waals surface area contributed by atoms with Gasteiger partial charge in [-0.3, -0.25) is 0 Å². The Hall–Kier alpha value is -2.78. The molecule has 106 valence electrons. The highest BCUT2D eigenvalue weighted by atomic mass is 35.5. The smallest absolute Gasteiger partial charge is 0.340 e. The van der Waals surface area contributed by atoms with Crippen LogP contribution in [0.3, 0.4) is 0 Å². The van der Waals surface area contributed by atoms with Gasteiger partial charge in [0.05, 0.1) is 40.7 Å². The summed E-state index contributed by atoms with van der Waals surface area (Å²) in [5, 5.41) is 12.2. The average molecular weight is 303 g/mol. The Kier molecular flexibility index (Phi) is 4.26. The molecule has 21 heavy (non-hydrogen) atoms. The van der Waals surface area contributed by atoms with Gasteiger partial charge in [0, 0.05) is 6.20 Å². The third-order valence-corrected chi connectivity index (χ3v) is 3.07. The maximum absolute atomic E-state index is 11.6. The first kappa shape index (κ1) is 14.6. The zero-order valence-corrected chi connectivity index (χ0v) is 11.8. The summed E-state index contributed by atoms with van der Waals surface area (Å²) < 4.78 is 4.64. The van der Waals surface area contributed by atoms with E-state index in [-0.39, 0.29) is 17.1 Å². The molecule has 0 radical (unpaired) electrons. The van der Waals surface area contributed by atoms with Crippen molar-refractivity contribution in [3.63, 3.8) is 0 Å². The largest absolute Gasteiger partial charge is 0.465 e. The molecule has 2 rings (SSSR count). The topological polar surface area (TPSA) is 101 Å². The van der Waals surface area contributed by atoms with Crippen molar-refractivity contribution in [2.45, 2.75) is 0 Å². The summed E-state index contributed by atoms with van der Waals surface area (Å²) in [5.74, 6) is -0.301. The van der Waals surface area contributed by atoms with Crippen LogP contribution >= 0.6 is 11.6 Å². The van der Waals surface area contributed by atoms with Gasteiger partial charge in [0.15, 0.2) is 5.82 Å². The maximum Gasteiger partial charge on any atom is 0.340 e. The summed E-state index contributed by atoms with van der Waals surface area (Å²) in [6, 6.07) is 8.21. The van der Waals surface area contributed by atoms with Gasteiger partial charge in [0.1, 0.15) is 0 Å². The van der Waals surface area contributed by atoms with E-state index in [0.29, 0.717) is 16.3 Å². The van der Waals surface area contributed by atoms with E-state index >= 15 is 0 Å². The fourth-order valence-corrected chi connectivity index (χ4v) is 1.84. The number of hydrogen-bond donors (Lipinski definition) is 2. The lowest BCUT2D eigenvalue weighted by atomic mass is 10.2. The number of rotatable bonds is 3. The summed E-state index contributed by atoms with van der Waals surface area (Å²) >= 11 is 6.05. The first-order valence-corrected chi connectivity index (χ1v) is 6.24. The Morgan fingerprint density at radius 2 is 2.24 bits per heavy atom. The van der Waals surface area contributed by atoms with Crippen LogP contribution in [0.4, 0.5) is 17.2 Å². The van der Waals surface area contributed by atoms with Crippen LogP contribution in [-0.2, 0) is 4.74 Å². The van der Waals surface area contributed by atoms with Gasteiger partial charge >= 0.3 is 5.97 Å². The molecule has 6 nitrogen and oxygen atoms in total. The Morgan fingerprint density at radius 1 is 1.48 bits per heavy atom. The van der Waals surface area contributed by atoms with Crippen molar-refractivity contribution in [1.29, 1.82) is 5.26 Å². The third-order valence-electron chi connectivity index (χ3n) is 2.74. The van der Waals surface area contributed by atoms with Crippen molar-refractivity contribution < 1.29 is 9.53 Å². The highest BCUT2D eigenvalue weighted by Crippen LogP contribution is 2.29. The zero-order valence-electron chi connectivity index (χ0n) is 11.1. The van der Waals surface area contributed by atoms with E-state index in [1.807, 2.05) is 6.07 Å². The van der Waals surface area contributed by atoms with Gasteiger partial charge in [0.25, 0.3) is 0 Å². The van der Waals surface area contributed by atoms with E-state index in [0.717, 1.165) is 0 Å². The van der Waals surface area contributed by atoms with E-state index in [1.165, 1.54) is 19.4 Å². The van der Waals surface area contributed by atoms with Crippen LogP contribution in [-0.4, -0.2) is 18.1 Å². The number of anilines is 3. The molecule has 0 saturated carbocycles. The first-order chi connectivity index (χ1) is 10.1. The second kappa shape index (κ2) is 6.11. The van der Waals surface area contributed by atoms with Crippen LogP contribution in [0.25, 0.3) is 0 Å². The first-order valence-electron chi connectivity index (χ1n) is 5.86. The molecule has 3 N–H and O–H groups in total. The summed E-state index contributed by atoms with van der Waals surface area (Å²) in [6.45, 7) is 0. The van der Waals surface area contributed by atoms with E-state index in [4.69, 9.17) is 22.6 Å². The van der Waals surface area contributed by atoms with Gasteiger partial charge in [-0.05, 0) is 24.3 Å². The van der Waals surface area contributed by atoms with Gasteiger partial charge in [-0.1, -0.05) is 11.6 Å². The normalized spacial score (nSPS) is 9.76. The van der Waals surface area contributed by atoms with Crippen LogP contribution in [0.2, 0.25) is 5.02 Å². The van der Waals surface area contributed by atoms with Gasteiger partial charge in [-0.25, -0.2) is 9.78 Å². The molecule has 0 atom stereocenters. The molecule has 2 aromatic rings. The second-order valence-electron chi connectivity index (χ2n) is 4.04. The van der Waals surface area contributed by atoms with Crippen molar-refractivity contribution >= 4 is 34.8 Å². The number of carbonyl (C=O) groups excluding carboxylic acids is 1. The van der Waals surface area contributed by atoms with Gasteiger partial charge in [-0.2, -0.15) is 5.26 Å². The number of hydrogen-bond acceptors (Lipinski definition) is 6. The van der Waals surface area contributed by atoms with Crippen LogP contribution in [0.15, 0.2) is 30.5 Å². The molecule has 0 spiro atoms. The lowest BCUT2D eigenvalue weighted by molar-refractivity contribution is 0.0602. The van der Waals surface area contributed by atoms with Crippen LogP contribution in [0, 0.1) is 11.3 Å². The van der Waals surface area contributed by atoms with Crippen LogP contribution in [0.1, 0.15) is 15.9 Å². The molecular weight excluding hydrogens is 292 g/mol. The zero-order chi connectivity index (χ0) is 15.4. The van der Waals surface area contributed by atoms with E-state index < -0.39 is 5.97 Å². The standard InChI is InChI=1S/C14H11ClN4O2/c1-21-14(20)9-4-5-18-13(12(9)17)19-11-6-8(7-16)2-3-10(11)15/h2-6H,17H2,1H3,(H,18,19). The van der Waals surface area contributed by atoms with Gasteiger partial charge < -0.3 is 15.8 Å². The Balaban J connectivity index is 2.41. The minimum atomic E-state index is -0.560. The molecule has 1 heterocycles. The highest BCUT2D eigenvalue weighted by molar-refractivity contribution is 6.33. The second-order valence-corrected chi connectivity index (χ2v) is 4.45. The number of nitrogen functional groups attached to an aromatic ring is 1. The number of methoxy groups -OCH3 is 1. The maximum atomic E-state index is 11.6. The minimum Gasteiger partial charge on any atom is -0.465 e. The molecule has 0 amide bonds. The lowest BCUT2D eigenvalue weighted by Gasteiger charge is -2.12. The quantitative estimate of drug-likeness (QED) is 0.845. The van der Waals surface area contributed by atoms with Crippen molar-refractivity contribution in [1.82, 2.24) is 4.98 Å². The number of aromatic nitrogens is 1. The van der Waals surface area contributed by atoms with E-state index in [2.05, 4.69) is 15.0 Å². The Bertz CT molecular complexity index is 740. The number of nitrogens with zero attached hydrogens (tertiary/aromatic N) is 2. The van der Waals surface area contributed by atoms with Crippen molar-refractivity contribution in [2.24, 2.45) is 0 Å². The molecule has 0 fully saturated rings. The Labute approximate surface area is 126 Å². The predicted molar refractivity (Wildman–Crippen MR) is 79.4 cm³/mol. The lowest BCUT2D eigenvalue weighted by Crippen LogP contribution is -2.09. The SMILES string of the molecule is COC(=O)c1ccnc(Nc2cc(C#N)ccc2Cl)c1N. The summed E-state index contributed by atoms with van der Waals surface area (Å²) in [6.07, 6.45) is 1.42. The number of nitrogens with one attached hydrogen (secondary N) is 1. The van der Waals surface area contributed by atoms with Gasteiger partial charge in [-0.15, -0.1) is 0 Å². The monoisotopic (exact) mass is 302 g/mol. The predicted octanol–water partition coefficient (Wildman–Crippen LogP) is 2.72. The van der Waals surface area contributed by atoms with Crippen molar-refractivity contribution in [3.8, 4) is 6.07 Å². The summed E-state index contributed by atoms with van der Waals surface area (Å²) in [5.41, 5.74) is 7.14. The number of benzene rings is 1. The number of nitriles is 1. The molecule has 0 saturated heterocycles. The Morgan fingerprint density at radius 3 is 2.90 bits per heavy atom. The van der Waals surface area contributed by atoms with Gasteiger partial charge in [0.2, 0.25) is 0 Å². The minimum absolute atomic E-state index is 0.141. The third kappa shape index (κ3) is 3.04. The molecular formula is C14H11ClN4O2. The fraction of sp³-hybridized carbons (Fsp3) is 0.0714. The number of halogens is 1. The molecule has 0 aliphatic rings. The average Bonchev–Trinajstić information content (AvgIpc) is 2.50. The number of ether oxygens (including phenoxy) is 1. The van der Waals surface area contributed by atoms with E-state index in [9.17, 15) is 4.79 Å². The number of pyridine rings is 1. The number of nitrogens with two attached hydrogens (primary N) is 1. The molecule has 0 bridgehead atoms. The number of esters is 1. The molecule has 1 aromatic heterocycles. The number of carbonyl (C=O) groups is 1. The molecule has 1 aromatic carbocycles. The molecule has 7 heteroatoms. The molecule has 0 aliphatic carbocycles. The van der Waals surface area contributed by atoms with Crippen LogP contribution in [0.5, 0.6) is 0 Å². The summed E-state index contributed by atoms with van der Waals surface area (Å²) in [4.78, 5) is 15.6.